The number of furan rings is 1. The summed E-state index contributed by atoms with van der Waals surface area (Å²) in [5.41, 5.74) is 10.0. The van der Waals surface area contributed by atoms with E-state index >= 15 is 0 Å². The predicted molar refractivity (Wildman–Crippen MR) is 444 cm³/mol. The average molecular weight is 1370 g/mol. The summed E-state index contributed by atoms with van der Waals surface area (Å²) in [6, 6.07) is 43.9. The van der Waals surface area contributed by atoms with E-state index in [1.807, 2.05) is 131 Å². The largest absolute Gasteiger partial charge is 0.452 e. The summed E-state index contributed by atoms with van der Waals surface area (Å²) in [7, 11) is 0. The maximum absolute atomic E-state index is 10.2. The first-order valence-electron chi connectivity index (χ1n) is 46.8. The molecule has 0 saturated carbocycles. The van der Waals surface area contributed by atoms with Gasteiger partial charge < -0.3 is 27.9 Å². The van der Waals surface area contributed by atoms with Crippen molar-refractivity contribution in [2.45, 2.75) is 52.4 Å². The highest BCUT2D eigenvalue weighted by molar-refractivity contribution is 7.00. The first-order chi connectivity index (χ1) is 61.3. The van der Waals surface area contributed by atoms with Gasteiger partial charge in [0.15, 0.2) is 11.2 Å². The second-order valence-corrected chi connectivity index (χ2v) is 29.1. The van der Waals surface area contributed by atoms with Crippen molar-refractivity contribution in [1.82, 2.24) is 13.7 Å². The molecule has 498 valence electrons. The van der Waals surface area contributed by atoms with Crippen LogP contribution >= 0.6 is 0 Å². The molecule has 4 aromatic heterocycles. The summed E-state index contributed by atoms with van der Waals surface area (Å²) in [6.45, 7) is 12.0. The van der Waals surface area contributed by atoms with E-state index in [-0.39, 0.29) is 104 Å². The minimum Gasteiger partial charge on any atom is -0.452 e. The Morgan fingerprint density at radius 1 is 0.276 bits per heavy atom. The number of hydrogen-bond donors (Lipinski definition) is 0. The first kappa shape index (κ1) is 41.3. The SMILES string of the molecule is [2H]c1c([2H])c([2H])c2c(c1[2H])c1c([2H])c([2H])c([2H])c([2H])c1n2-c1ccc2c(c1)N(c1cc(-c3ccccc3)cc(-c3ccccc3)c1)c1cc(-n3c4c([2H])c([2H])c([2H])c([2H])c4c4c([2H])c([2H])c([2H])c([2H])c43)cc3c1B2c1ccc(-c2cc(C(C)(C)C)cc(C(C)(C)C)c2)cc1N3c1cccc2c1oc1c(-n3c4c([2H])c([2H])c([2H])c([2H])c4c4c([2H])c([2H])c([2H])c([2H])c43)cccc12. The summed E-state index contributed by atoms with van der Waals surface area (Å²) < 4.78 is 239. The third kappa shape index (κ3) is 9.30. The van der Waals surface area contributed by atoms with E-state index in [4.69, 9.17) is 12.6 Å². The van der Waals surface area contributed by atoms with Crippen LogP contribution in [-0.2, 0) is 10.8 Å². The van der Waals surface area contributed by atoms with Gasteiger partial charge in [-0.1, -0.05) is 272 Å². The van der Waals surface area contributed by atoms with Gasteiger partial charge in [0, 0.05) is 77.2 Å². The third-order valence-corrected chi connectivity index (χ3v) is 21.0. The van der Waals surface area contributed by atoms with Crippen LogP contribution in [0.5, 0.6) is 0 Å². The molecule has 2 aliphatic rings. The van der Waals surface area contributed by atoms with E-state index in [9.17, 15) is 24.7 Å². The Labute approximate surface area is 643 Å². The average Bonchev–Trinajstić information content (AvgIpc) is 1.65. The fraction of sp³-hybridized carbons (Fsp3) is 0.0816. The number of rotatable bonds is 8. The lowest BCUT2D eigenvalue weighted by Gasteiger charge is -2.44. The number of benzene rings is 15. The number of anilines is 6. The molecule has 21 rings (SSSR count). The molecule has 7 heteroatoms. The minimum absolute atomic E-state index is 0.0934. The van der Waals surface area contributed by atoms with Crippen molar-refractivity contribution in [3.05, 3.63) is 338 Å². The fourth-order valence-electron chi connectivity index (χ4n) is 16.1. The summed E-state index contributed by atoms with van der Waals surface area (Å²) in [4.78, 5) is 4.05. The molecule has 105 heavy (non-hydrogen) atoms. The van der Waals surface area contributed by atoms with Crippen LogP contribution < -0.4 is 26.2 Å². The number of hydrogen-bond acceptors (Lipinski definition) is 3. The van der Waals surface area contributed by atoms with E-state index in [2.05, 4.69) is 84.0 Å². The molecule has 0 aliphatic carbocycles. The van der Waals surface area contributed by atoms with E-state index in [1.165, 1.54) is 13.7 Å². The monoisotopic (exact) mass is 1370 g/mol. The van der Waals surface area contributed by atoms with Gasteiger partial charge in [0.05, 0.1) is 83.1 Å². The zero-order valence-electron chi connectivity index (χ0n) is 81.5. The molecule has 0 spiro atoms. The molecule has 0 unspecified atom stereocenters. The Bertz CT molecular complexity index is 8030. The lowest BCUT2D eigenvalue weighted by molar-refractivity contribution is 0.569. The van der Waals surface area contributed by atoms with Gasteiger partial charge >= 0.3 is 0 Å². The van der Waals surface area contributed by atoms with E-state index in [1.54, 1.807) is 18.2 Å². The quantitative estimate of drug-likeness (QED) is 0.142. The smallest absolute Gasteiger partial charge is 0.252 e. The molecule has 6 nitrogen and oxygen atoms in total. The first-order valence-corrected chi connectivity index (χ1v) is 34.8. The van der Waals surface area contributed by atoms with E-state index < -0.39 is 152 Å². The molecular formula is C98H72BN5O. The van der Waals surface area contributed by atoms with Gasteiger partial charge in [-0.2, -0.15) is 0 Å². The van der Waals surface area contributed by atoms with Crippen LogP contribution in [0.3, 0.4) is 0 Å². The second-order valence-electron chi connectivity index (χ2n) is 29.1. The highest BCUT2D eigenvalue weighted by Gasteiger charge is 2.45. The Kier molecular flexibility index (Phi) is 8.98. The number of fused-ring (bicyclic) bond motifs is 16. The molecule has 15 aromatic carbocycles. The third-order valence-electron chi connectivity index (χ3n) is 21.0. The van der Waals surface area contributed by atoms with E-state index in [0.717, 1.165) is 44.5 Å². The Balaban J connectivity index is 0.969. The molecule has 2 aliphatic heterocycles. The highest BCUT2D eigenvalue weighted by Crippen LogP contribution is 2.52. The van der Waals surface area contributed by atoms with Crippen LogP contribution in [0, 0.1) is 0 Å². The lowest BCUT2D eigenvalue weighted by atomic mass is 9.33. The summed E-state index contributed by atoms with van der Waals surface area (Å²) >= 11 is 0. The fourth-order valence-corrected chi connectivity index (χ4v) is 16.1. The standard InChI is InChI=1S/C98H72BN5O/c1-97(2,3)67-52-66(53-68(57-67)98(4,5)6)63-47-49-80-90(56-63)104(89-46-26-38-79-78-37-25-45-88(95(78)105-96(79)89)103-86-43-23-17-35-76(86)77-36-18-24-44-87(77)103)93-60-71(101-84-41-21-15-33-74(84)75-34-16-22-42-85(75)101)59-92-94(93)99(80)81-50-48-69(100-82-39-19-13-31-72(82)73-32-14-20-40-83(73)100)58-91(81)102(92)70-54-64(61-27-9-7-10-28-61)51-65(55-70)62-29-11-8-12-30-62/h7-60H,1-6H3/i13D,14D,15D,16D,17D,18D,19D,20D,21D,22D,23D,24D,31D,32D,33D,34D,35D,36D,39D,40D,41D,42D,43D,44D. The molecule has 6 heterocycles. The van der Waals surface area contributed by atoms with Crippen LogP contribution in [0.2, 0.25) is 0 Å². The molecule has 0 atom stereocenters. The van der Waals surface area contributed by atoms with Crippen LogP contribution in [0.1, 0.15) is 85.6 Å². The number of aromatic nitrogens is 3. The summed E-state index contributed by atoms with van der Waals surface area (Å²) in [6.07, 6.45) is 0. The van der Waals surface area contributed by atoms with Gasteiger partial charge in [0.1, 0.15) is 0 Å². The molecule has 0 saturated heterocycles. The normalized spacial score (nSPS) is 16.2. The summed E-state index contributed by atoms with van der Waals surface area (Å²) in [5.74, 6) is 0. The van der Waals surface area contributed by atoms with Crippen molar-refractivity contribution in [1.29, 1.82) is 0 Å². The second kappa shape index (κ2) is 22.8. The van der Waals surface area contributed by atoms with Crippen molar-refractivity contribution in [3.63, 3.8) is 0 Å². The number of para-hydroxylation sites is 8. The predicted octanol–water partition coefficient (Wildman–Crippen LogP) is 24.6. The Hall–Kier alpha value is -12.8. The van der Waals surface area contributed by atoms with Crippen molar-refractivity contribution < 1.29 is 37.3 Å². The summed E-state index contributed by atoms with van der Waals surface area (Å²) in [5, 5.41) is -0.0789. The van der Waals surface area contributed by atoms with Gasteiger partial charge in [-0.3, -0.25) is 0 Å². The molecule has 19 aromatic rings. The number of nitrogens with zero attached hydrogens (tertiary/aromatic N) is 5. The Morgan fingerprint density at radius 2 is 0.676 bits per heavy atom. The minimum atomic E-state index is -0.918. The molecular weight excluding hydrogens is 1270 g/mol. The van der Waals surface area contributed by atoms with Crippen LogP contribution in [0.25, 0.3) is 138 Å². The van der Waals surface area contributed by atoms with Crippen LogP contribution in [0.4, 0.5) is 34.1 Å². The van der Waals surface area contributed by atoms with Crippen molar-refractivity contribution in [2.24, 2.45) is 0 Å². The molecule has 0 N–H and O–H groups in total. The van der Waals surface area contributed by atoms with Crippen molar-refractivity contribution >= 4 is 145 Å². The maximum atomic E-state index is 10.2. The molecule has 0 amide bonds. The highest BCUT2D eigenvalue weighted by atomic mass is 16.3. The topological polar surface area (TPSA) is 34.4 Å². The molecule has 0 bridgehead atoms. The van der Waals surface area contributed by atoms with Gasteiger partial charge in [0.2, 0.25) is 0 Å². The van der Waals surface area contributed by atoms with Crippen LogP contribution in [0.15, 0.2) is 331 Å². The zero-order chi connectivity index (χ0) is 91.0. The molecule has 0 fully saturated rings. The van der Waals surface area contributed by atoms with Gasteiger partial charge in [-0.15, -0.1) is 0 Å². The van der Waals surface area contributed by atoms with E-state index in [0.29, 0.717) is 61.3 Å². The van der Waals surface area contributed by atoms with Gasteiger partial charge in [-0.25, -0.2) is 0 Å². The Morgan fingerprint density at radius 3 is 1.16 bits per heavy atom. The lowest BCUT2D eigenvalue weighted by Crippen LogP contribution is -2.61. The molecule has 0 radical (unpaired) electrons. The zero-order valence-corrected chi connectivity index (χ0v) is 57.5. The van der Waals surface area contributed by atoms with Gasteiger partial charge in [0.25, 0.3) is 6.71 Å². The van der Waals surface area contributed by atoms with Crippen molar-refractivity contribution in [3.8, 4) is 50.4 Å². The van der Waals surface area contributed by atoms with Gasteiger partial charge in [-0.05, 0) is 169 Å². The maximum Gasteiger partial charge on any atom is 0.252 e. The van der Waals surface area contributed by atoms with Crippen molar-refractivity contribution in [2.75, 3.05) is 9.80 Å². The van der Waals surface area contributed by atoms with Crippen LogP contribution in [-0.4, -0.2) is 20.4 Å².